The number of carboxylic acids is 1. The van der Waals surface area contributed by atoms with Crippen LogP contribution in [0.3, 0.4) is 0 Å². The molecule has 1 N–H and O–H groups in total. The molecule has 2 unspecified atom stereocenters. The highest BCUT2D eigenvalue weighted by Crippen LogP contribution is 2.48. The van der Waals surface area contributed by atoms with Crippen LogP contribution < -0.4 is 4.90 Å². The number of nitrogens with zero attached hydrogens (tertiary/aromatic N) is 2. The normalized spacial score (nSPS) is 20.3. The van der Waals surface area contributed by atoms with Gasteiger partial charge in [-0.25, -0.2) is 4.79 Å². The van der Waals surface area contributed by atoms with Crippen molar-refractivity contribution in [2.75, 3.05) is 11.4 Å². The number of fused-ring (bicyclic) bond motifs is 3. The summed E-state index contributed by atoms with van der Waals surface area (Å²) < 4.78 is 0. The molecule has 1 aliphatic carbocycles. The van der Waals surface area contributed by atoms with Gasteiger partial charge in [0, 0.05) is 24.2 Å². The van der Waals surface area contributed by atoms with Crippen LogP contribution in [0.25, 0.3) is 11.6 Å². The van der Waals surface area contributed by atoms with Crippen molar-refractivity contribution in [2.24, 2.45) is 0 Å². The number of carbonyl (C=O) groups is 1. The Labute approximate surface area is 224 Å². The van der Waals surface area contributed by atoms with Crippen molar-refractivity contribution in [1.82, 2.24) is 0 Å². The molecule has 3 aromatic carbocycles. The Kier molecular flexibility index (Phi) is 7.11. The van der Waals surface area contributed by atoms with Gasteiger partial charge in [-0.2, -0.15) is 5.26 Å². The maximum atomic E-state index is 11.4. The van der Waals surface area contributed by atoms with E-state index < -0.39 is 5.97 Å². The number of anilines is 1. The predicted octanol–water partition coefficient (Wildman–Crippen LogP) is 7.18. The van der Waals surface area contributed by atoms with Gasteiger partial charge in [0.25, 0.3) is 0 Å². The Morgan fingerprint density at radius 3 is 2.42 bits per heavy atom. The van der Waals surface area contributed by atoms with Gasteiger partial charge in [-0.05, 0) is 77.5 Å². The van der Waals surface area contributed by atoms with Crippen molar-refractivity contribution >= 4 is 23.3 Å². The monoisotopic (exact) mass is 498 g/mol. The van der Waals surface area contributed by atoms with Crippen molar-refractivity contribution in [3.63, 3.8) is 0 Å². The molecule has 1 fully saturated rings. The summed E-state index contributed by atoms with van der Waals surface area (Å²) in [7, 11) is 0. The Hall–Kier alpha value is -4.62. The first kappa shape index (κ1) is 25.0. The molecule has 2 atom stereocenters. The van der Waals surface area contributed by atoms with Gasteiger partial charge in [0.1, 0.15) is 11.6 Å². The largest absolute Gasteiger partial charge is 0.477 e. The van der Waals surface area contributed by atoms with Crippen LogP contribution in [0.1, 0.15) is 42.0 Å². The fourth-order valence-electron chi connectivity index (χ4n) is 5.67. The van der Waals surface area contributed by atoms with E-state index in [1.54, 1.807) is 6.07 Å². The molecule has 5 rings (SSSR count). The van der Waals surface area contributed by atoms with Crippen LogP contribution in [0.2, 0.25) is 0 Å². The maximum absolute atomic E-state index is 11.4. The highest BCUT2D eigenvalue weighted by Gasteiger charge is 2.44. The quantitative estimate of drug-likeness (QED) is 0.169. The van der Waals surface area contributed by atoms with Gasteiger partial charge in [-0.15, -0.1) is 0 Å². The zero-order valence-corrected chi connectivity index (χ0v) is 21.6. The topological polar surface area (TPSA) is 64.3 Å². The third kappa shape index (κ3) is 4.96. The summed E-state index contributed by atoms with van der Waals surface area (Å²) in [5, 5.41) is 18.6. The molecular formula is C34H30N2O2. The van der Waals surface area contributed by atoms with Gasteiger partial charge in [0.15, 0.2) is 0 Å². The average Bonchev–Trinajstić information content (AvgIpc) is 3.49. The number of allylic oxidation sites excluding steroid dienone is 5. The molecule has 0 spiro atoms. The van der Waals surface area contributed by atoms with Crippen molar-refractivity contribution in [2.45, 2.75) is 32.2 Å². The van der Waals surface area contributed by atoms with Crippen molar-refractivity contribution in [3.8, 4) is 6.07 Å². The number of carboxylic acid groups (broad SMARTS) is 1. The van der Waals surface area contributed by atoms with E-state index in [4.69, 9.17) is 0 Å². The molecule has 4 nitrogen and oxygen atoms in total. The standard InChI is InChI=1S/C34H30N2O2/c1-3-24(18-28(21-35)34(37)38)19-29-22-36(32-20-27-11-7-8-12-31(27)33(29)32)30-15-13-26(14-16-30)23(2)17-25-9-5-4-6-10-25/h3-19,32-33H,20,22H2,1-2H3,(H,37,38)/b23-17+,24-3-,28-18+,29-19+. The van der Waals surface area contributed by atoms with E-state index in [-0.39, 0.29) is 11.5 Å². The van der Waals surface area contributed by atoms with Crippen LogP contribution in [0.15, 0.2) is 114 Å². The summed E-state index contributed by atoms with van der Waals surface area (Å²) in [6.07, 6.45) is 8.56. The number of rotatable bonds is 6. The average molecular weight is 499 g/mol. The summed E-state index contributed by atoms with van der Waals surface area (Å²) in [6, 6.07) is 29.8. The SMILES string of the molecule is C/C=C(\C=C1/CN(c2ccc(/C(C)=C/c3ccccc3)cc2)C2Cc3ccccc3C12)/C=C(\C#N)C(=O)O. The Balaban J connectivity index is 1.48. The second-order valence-corrected chi connectivity index (χ2v) is 9.84. The second-order valence-electron chi connectivity index (χ2n) is 9.84. The lowest BCUT2D eigenvalue weighted by molar-refractivity contribution is -0.132. The molecule has 1 saturated heterocycles. The Morgan fingerprint density at radius 1 is 1.03 bits per heavy atom. The Morgan fingerprint density at radius 2 is 1.74 bits per heavy atom. The van der Waals surface area contributed by atoms with Gasteiger partial charge in [-0.1, -0.05) is 85.0 Å². The van der Waals surface area contributed by atoms with Crippen molar-refractivity contribution in [3.05, 3.63) is 136 Å². The minimum atomic E-state index is -1.21. The number of aliphatic carboxylic acids is 1. The zero-order valence-electron chi connectivity index (χ0n) is 21.6. The van der Waals surface area contributed by atoms with Crippen LogP contribution >= 0.6 is 0 Å². The second kappa shape index (κ2) is 10.8. The molecule has 0 bridgehead atoms. The highest BCUT2D eigenvalue weighted by molar-refractivity contribution is 5.91. The van der Waals surface area contributed by atoms with Crippen molar-refractivity contribution in [1.29, 1.82) is 5.26 Å². The molecule has 38 heavy (non-hydrogen) atoms. The number of hydrogen-bond acceptors (Lipinski definition) is 3. The molecule has 188 valence electrons. The summed E-state index contributed by atoms with van der Waals surface area (Å²) in [6.45, 7) is 4.76. The lowest BCUT2D eigenvalue weighted by Crippen LogP contribution is -2.30. The fourth-order valence-corrected chi connectivity index (χ4v) is 5.67. The molecule has 0 radical (unpaired) electrons. The van der Waals surface area contributed by atoms with E-state index in [1.165, 1.54) is 45.2 Å². The van der Waals surface area contributed by atoms with Crippen LogP contribution in [0, 0.1) is 11.3 Å². The number of benzene rings is 3. The van der Waals surface area contributed by atoms with Crippen LogP contribution in [0.5, 0.6) is 0 Å². The Bertz CT molecular complexity index is 1520. The third-order valence-corrected chi connectivity index (χ3v) is 7.54. The van der Waals surface area contributed by atoms with Crippen molar-refractivity contribution < 1.29 is 9.90 Å². The summed E-state index contributed by atoms with van der Waals surface area (Å²) in [5.41, 5.74) is 9.17. The molecule has 2 aliphatic rings. The molecule has 1 heterocycles. The first-order valence-corrected chi connectivity index (χ1v) is 12.9. The molecule has 0 aromatic heterocycles. The zero-order chi connectivity index (χ0) is 26.6. The van der Waals surface area contributed by atoms with E-state index in [9.17, 15) is 15.2 Å². The smallest absolute Gasteiger partial charge is 0.346 e. The summed E-state index contributed by atoms with van der Waals surface area (Å²) in [4.78, 5) is 13.9. The van der Waals surface area contributed by atoms with E-state index in [0.29, 0.717) is 6.04 Å². The molecule has 1 aliphatic heterocycles. The number of hydrogen-bond donors (Lipinski definition) is 1. The summed E-state index contributed by atoms with van der Waals surface area (Å²) >= 11 is 0. The first-order valence-electron chi connectivity index (χ1n) is 12.9. The van der Waals surface area contributed by atoms with Gasteiger partial charge >= 0.3 is 5.97 Å². The maximum Gasteiger partial charge on any atom is 0.346 e. The molecule has 4 heteroatoms. The first-order chi connectivity index (χ1) is 18.5. The van der Waals surface area contributed by atoms with Gasteiger partial charge in [0.2, 0.25) is 0 Å². The van der Waals surface area contributed by atoms with E-state index in [2.05, 4.69) is 96.8 Å². The minimum absolute atomic E-state index is 0.226. The molecule has 0 amide bonds. The molecule has 0 saturated carbocycles. The van der Waals surface area contributed by atoms with Gasteiger partial charge in [0.05, 0.1) is 0 Å². The lowest BCUT2D eigenvalue weighted by Gasteiger charge is -2.26. The lowest BCUT2D eigenvalue weighted by atomic mass is 9.92. The third-order valence-electron chi connectivity index (χ3n) is 7.54. The fraction of sp³-hybridized carbons (Fsp3) is 0.176. The molecular weight excluding hydrogens is 468 g/mol. The van der Waals surface area contributed by atoms with Crippen LogP contribution in [0.4, 0.5) is 5.69 Å². The van der Waals surface area contributed by atoms with Crippen LogP contribution in [-0.4, -0.2) is 23.7 Å². The van der Waals surface area contributed by atoms with Gasteiger partial charge in [-0.3, -0.25) is 0 Å². The summed E-state index contributed by atoms with van der Waals surface area (Å²) in [5.74, 6) is -0.983. The van der Waals surface area contributed by atoms with Crippen LogP contribution in [-0.2, 0) is 11.2 Å². The predicted molar refractivity (Wildman–Crippen MR) is 154 cm³/mol. The number of nitriles is 1. The van der Waals surface area contributed by atoms with E-state index in [0.717, 1.165) is 18.5 Å². The van der Waals surface area contributed by atoms with E-state index >= 15 is 0 Å². The van der Waals surface area contributed by atoms with Gasteiger partial charge < -0.3 is 10.0 Å². The van der Waals surface area contributed by atoms with E-state index in [1.807, 2.05) is 19.1 Å². The molecule has 3 aromatic rings. The highest BCUT2D eigenvalue weighted by atomic mass is 16.4. The minimum Gasteiger partial charge on any atom is -0.477 e.